The Balaban J connectivity index is 2.00. The Morgan fingerprint density at radius 3 is 2.95 bits per heavy atom. The summed E-state index contributed by atoms with van der Waals surface area (Å²) < 4.78 is 5.54. The van der Waals surface area contributed by atoms with Gasteiger partial charge in [0.2, 0.25) is 0 Å². The molecule has 0 saturated carbocycles. The number of hydrogen-bond acceptors (Lipinski definition) is 3. The molecular weight excluding hydrogens is 329 g/mol. The third-order valence-corrected chi connectivity index (χ3v) is 5.72. The van der Waals surface area contributed by atoms with E-state index in [4.69, 9.17) is 27.9 Å². The highest BCUT2D eigenvalue weighted by Gasteiger charge is 2.22. The predicted molar refractivity (Wildman–Crippen MR) is 86.0 cm³/mol. The summed E-state index contributed by atoms with van der Waals surface area (Å²) in [4.78, 5) is 12.9. The lowest BCUT2D eigenvalue weighted by Crippen LogP contribution is -2.24. The van der Waals surface area contributed by atoms with Crippen molar-refractivity contribution in [3.63, 3.8) is 0 Å². The molecule has 1 N–H and O–H groups in total. The first kappa shape index (κ1) is 14.7. The van der Waals surface area contributed by atoms with Crippen LogP contribution in [0.5, 0.6) is 5.75 Å². The van der Waals surface area contributed by atoms with Crippen LogP contribution in [0.3, 0.4) is 0 Å². The number of ether oxygens (including phenoxy) is 1. The third-order valence-electron chi connectivity index (χ3n) is 3.34. The molecule has 6 heteroatoms. The maximum Gasteiger partial charge on any atom is 0.255 e. The second-order valence-corrected chi connectivity index (χ2v) is 6.55. The van der Waals surface area contributed by atoms with Gasteiger partial charge in [-0.05, 0) is 35.6 Å². The highest BCUT2D eigenvalue weighted by molar-refractivity contribution is 7.11. The number of hydrogen-bond donors (Lipinski definition) is 1. The van der Waals surface area contributed by atoms with E-state index >= 15 is 0 Å². The molecule has 3 rings (SSSR count). The van der Waals surface area contributed by atoms with Gasteiger partial charge in [-0.1, -0.05) is 17.7 Å². The van der Waals surface area contributed by atoms with Crippen molar-refractivity contribution in [2.75, 3.05) is 13.2 Å². The van der Waals surface area contributed by atoms with Gasteiger partial charge < -0.3 is 10.1 Å². The summed E-state index contributed by atoms with van der Waals surface area (Å²) in [6.45, 7) is 2.92. The number of aryl methyl sites for hydroxylation is 1. The molecule has 110 valence electrons. The van der Waals surface area contributed by atoms with E-state index < -0.39 is 0 Å². The van der Waals surface area contributed by atoms with Gasteiger partial charge in [-0.2, -0.15) is 0 Å². The molecule has 0 aliphatic carbocycles. The molecular formula is C15H13Cl2NO2S. The van der Waals surface area contributed by atoms with Crippen LogP contribution < -0.4 is 10.1 Å². The number of nitrogens with one attached hydrogen (secondary N) is 1. The zero-order chi connectivity index (χ0) is 15.0. The van der Waals surface area contributed by atoms with Crippen LogP contribution in [0.4, 0.5) is 0 Å². The largest absolute Gasteiger partial charge is 0.491 e. The van der Waals surface area contributed by atoms with Crippen LogP contribution in [0.25, 0.3) is 0 Å². The molecule has 2 heterocycles. The summed E-state index contributed by atoms with van der Waals surface area (Å²) in [6, 6.07) is 5.44. The van der Waals surface area contributed by atoms with Crippen molar-refractivity contribution < 1.29 is 9.53 Å². The molecule has 0 spiro atoms. The Hall–Kier alpha value is -1.23. The summed E-state index contributed by atoms with van der Waals surface area (Å²) in [7, 11) is 0. The minimum atomic E-state index is -0.377. The van der Waals surface area contributed by atoms with E-state index in [1.807, 2.05) is 18.4 Å². The average molecular weight is 342 g/mol. The molecule has 1 aromatic carbocycles. The molecule has 0 bridgehead atoms. The van der Waals surface area contributed by atoms with Crippen molar-refractivity contribution >= 4 is 40.4 Å². The fraction of sp³-hybridized carbons (Fsp3) is 0.267. The van der Waals surface area contributed by atoms with E-state index in [9.17, 15) is 4.79 Å². The van der Waals surface area contributed by atoms with Crippen molar-refractivity contribution in [3.05, 3.63) is 50.2 Å². The van der Waals surface area contributed by atoms with Gasteiger partial charge in [-0.15, -0.1) is 22.9 Å². The number of halogens is 2. The van der Waals surface area contributed by atoms with Crippen LogP contribution in [-0.2, 0) is 0 Å². The molecule has 0 saturated heterocycles. The van der Waals surface area contributed by atoms with Crippen LogP contribution in [0, 0.1) is 6.92 Å². The summed E-state index contributed by atoms with van der Waals surface area (Å²) in [5.74, 6) is 0.452. The Labute approximate surface area is 136 Å². The number of rotatable bonds is 2. The van der Waals surface area contributed by atoms with E-state index in [-0.39, 0.29) is 11.3 Å². The van der Waals surface area contributed by atoms with Gasteiger partial charge in [0.1, 0.15) is 12.4 Å². The number of benzene rings is 1. The van der Waals surface area contributed by atoms with Gasteiger partial charge in [0, 0.05) is 4.88 Å². The summed E-state index contributed by atoms with van der Waals surface area (Å²) >= 11 is 14.3. The Bertz CT molecular complexity index is 699. The van der Waals surface area contributed by atoms with Gasteiger partial charge in [0.15, 0.2) is 0 Å². The molecule has 3 nitrogen and oxygen atoms in total. The molecule has 1 amide bonds. The van der Waals surface area contributed by atoms with Crippen molar-refractivity contribution in [1.82, 2.24) is 5.32 Å². The van der Waals surface area contributed by atoms with Gasteiger partial charge in [0.05, 0.1) is 22.5 Å². The first-order valence-electron chi connectivity index (χ1n) is 6.50. The Morgan fingerprint density at radius 2 is 2.24 bits per heavy atom. The minimum Gasteiger partial charge on any atom is -0.491 e. The van der Waals surface area contributed by atoms with E-state index in [0.717, 1.165) is 16.0 Å². The van der Waals surface area contributed by atoms with Crippen molar-refractivity contribution in [3.8, 4) is 5.75 Å². The van der Waals surface area contributed by atoms with Crippen LogP contribution in [0.15, 0.2) is 23.6 Å². The van der Waals surface area contributed by atoms with Crippen LogP contribution in [0.1, 0.15) is 31.7 Å². The summed E-state index contributed by atoms with van der Waals surface area (Å²) in [5.41, 5.74) is 2.36. The number of alkyl halides is 1. The highest BCUT2D eigenvalue weighted by Crippen LogP contribution is 2.40. The fourth-order valence-electron chi connectivity index (χ4n) is 2.20. The maximum atomic E-state index is 12.0. The Kier molecular flexibility index (Phi) is 4.11. The normalized spacial score (nSPS) is 15.7. The average Bonchev–Trinajstić information content (AvgIpc) is 2.71. The number of carbonyl (C=O) groups is 1. The smallest absolute Gasteiger partial charge is 0.255 e. The standard InChI is InChI=1S/C15H13Cl2NO2S/c1-8-7-21-14(12(8)16)13(17)9-2-3-11-10(6-9)15(19)18-4-5-20-11/h2-3,6-7,13H,4-5H2,1H3,(H,18,19). The van der Waals surface area contributed by atoms with Gasteiger partial charge in [-0.25, -0.2) is 0 Å². The van der Waals surface area contributed by atoms with Gasteiger partial charge in [0.25, 0.3) is 5.91 Å². The van der Waals surface area contributed by atoms with Crippen LogP contribution in [-0.4, -0.2) is 19.1 Å². The molecule has 1 aliphatic rings. The summed E-state index contributed by atoms with van der Waals surface area (Å²) in [6.07, 6.45) is 0. The van der Waals surface area contributed by atoms with Gasteiger partial charge in [-0.3, -0.25) is 4.79 Å². The maximum absolute atomic E-state index is 12.0. The van der Waals surface area contributed by atoms with E-state index in [0.29, 0.717) is 29.5 Å². The van der Waals surface area contributed by atoms with Crippen molar-refractivity contribution in [2.45, 2.75) is 12.3 Å². The molecule has 1 aromatic heterocycles. The Morgan fingerprint density at radius 1 is 1.43 bits per heavy atom. The molecule has 1 aliphatic heterocycles. The SMILES string of the molecule is Cc1csc(C(Cl)c2ccc3c(c2)C(=O)NCCO3)c1Cl. The molecule has 0 radical (unpaired) electrons. The van der Waals surface area contributed by atoms with Crippen molar-refractivity contribution in [1.29, 1.82) is 0 Å². The number of fused-ring (bicyclic) bond motifs is 1. The van der Waals surface area contributed by atoms with E-state index in [1.54, 1.807) is 12.1 Å². The topological polar surface area (TPSA) is 38.3 Å². The number of carbonyl (C=O) groups excluding carboxylic acids is 1. The molecule has 2 aromatic rings. The van der Waals surface area contributed by atoms with E-state index in [1.165, 1.54) is 11.3 Å². The summed E-state index contributed by atoms with van der Waals surface area (Å²) in [5, 5.41) is 5.08. The monoisotopic (exact) mass is 341 g/mol. The lowest BCUT2D eigenvalue weighted by Gasteiger charge is -2.12. The molecule has 1 unspecified atom stereocenters. The molecule has 0 fully saturated rings. The zero-order valence-electron chi connectivity index (χ0n) is 11.3. The second-order valence-electron chi connectivity index (χ2n) is 4.82. The third kappa shape index (κ3) is 2.76. The van der Waals surface area contributed by atoms with Gasteiger partial charge >= 0.3 is 0 Å². The number of thiophene rings is 1. The lowest BCUT2D eigenvalue weighted by molar-refractivity contribution is 0.0957. The predicted octanol–water partition coefficient (Wildman–Crippen LogP) is 4.16. The quantitative estimate of drug-likeness (QED) is 0.833. The second kappa shape index (κ2) is 5.87. The van der Waals surface area contributed by atoms with Crippen LogP contribution in [0.2, 0.25) is 5.02 Å². The first-order chi connectivity index (χ1) is 10.1. The van der Waals surface area contributed by atoms with E-state index in [2.05, 4.69) is 5.32 Å². The first-order valence-corrected chi connectivity index (χ1v) is 8.20. The lowest BCUT2D eigenvalue weighted by atomic mass is 10.0. The van der Waals surface area contributed by atoms with Crippen LogP contribution >= 0.6 is 34.5 Å². The fourth-order valence-corrected chi connectivity index (χ4v) is 3.96. The highest BCUT2D eigenvalue weighted by atomic mass is 35.5. The molecule has 21 heavy (non-hydrogen) atoms. The number of amides is 1. The minimum absolute atomic E-state index is 0.137. The zero-order valence-corrected chi connectivity index (χ0v) is 13.6. The molecule has 1 atom stereocenters. The van der Waals surface area contributed by atoms with Crippen molar-refractivity contribution in [2.24, 2.45) is 0 Å².